The number of hydrogen-bond acceptors (Lipinski definition) is 5. The zero-order valence-electron chi connectivity index (χ0n) is 13.0. The maximum Gasteiger partial charge on any atom is 0.134 e. The van der Waals surface area contributed by atoms with Crippen molar-refractivity contribution in [2.24, 2.45) is 0 Å². The second-order valence-electron chi connectivity index (χ2n) is 5.47. The largest absolute Gasteiger partial charge is 0.381 e. The Kier molecular flexibility index (Phi) is 4.95. The standard InChI is InChI=1S/C17H21N3OS/c1-12-18-16(13-6-8-21-9-7-13)11-17(19-12)20-14-4-3-5-15(10-14)22-2/h3-5,10-11,13H,6-9H2,1-2H3,(H,18,19,20). The van der Waals surface area contributed by atoms with Crippen LogP contribution in [0.1, 0.15) is 30.3 Å². The molecule has 0 radical (unpaired) electrons. The van der Waals surface area contributed by atoms with Gasteiger partial charge in [0.2, 0.25) is 0 Å². The summed E-state index contributed by atoms with van der Waals surface area (Å²) in [4.78, 5) is 10.4. The van der Waals surface area contributed by atoms with Gasteiger partial charge in [-0.2, -0.15) is 0 Å². The van der Waals surface area contributed by atoms with Crippen LogP contribution in [0.25, 0.3) is 0 Å². The normalized spacial score (nSPS) is 15.7. The SMILES string of the molecule is CSc1cccc(Nc2cc(C3CCOCC3)nc(C)n2)c1. The number of hydrogen-bond donors (Lipinski definition) is 1. The minimum absolute atomic E-state index is 0.480. The zero-order valence-corrected chi connectivity index (χ0v) is 13.8. The van der Waals surface area contributed by atoms with Crippen LogP contribution in [0.4, 0.5) is 11.5 Å². The molecule has 2 heterocycles. The summed E-state index contributed by atoms with van der Waals surface area (Å²) < 4.78 is 5.44. The lowest BCUT2D eigenvalue weighted by Crippen LogP contribution is -2.16. The molecule has 1 N–H and O–H groups in total. The Morgan fingerprint density at radius 1 is 1.18 bits per heavy atom. The van der Waals surface area contributed by atoms with Crippen LogP contribution in [0.5, 0.6) is 0 Å². The van der Waals surface area contributed by atoms with Gasteiger partial charge in [0, 0.05) is 41.5 Å². The van der Waals surface area contributed by atoms with E-state index in [2.05, 4.69) is 51.9 Å². The fourth-order valence-corrected chi connectivity index (χ4v) is 3.17. The van der Waals surface area contributed by atoms with Crippen molar-refractivity contribution in [1.29, 1.82) is 0 Å². The molecule has 1 aromatic carbocycles. The van der Waals surface area contributed by atoms with E-state index < -0.39 is 0 Å². The molecule has 1 saturated heterocycles. The molecule has 0 atom stereocenters. The molecule has 0 amide bonds. The second-order valence-corrected chi connectivity index (χ2v) is 6.35. The highest BCUT2D eigenvalue weighted by molar-refractivity contribution is 7.98. The van der Waals surface area contributed by atoms with Crippen LogP contribution in [0, 0.1) is 6.92 Å². The zero-order chi connectivity index (χ0) is 15.4. The van der Waals surface area contributed by atoms with E-state index in [0.29, 0.717) is 5.92 Å². The van der Waals surface area contributed by atoms with Crippen LogP contribution < -0.4 is 5.32 Å². The molecule has 5 heteroatoms. The summed E-state index contributed by atoms with van der Waals surface area (Å²) in [6.07, 6.45) is 4.16. The van der Waals surface area contributed by atoms with Crippen LogP contribution in [0.3, 0.4) is 0 Å². The summed E-state index contributed by atoms with van der Waals surface area (Å²) in [7, 11) is 0. The van der Waals surface area contributed by atoms with Gasteiger partial charge in [-0.15, -0.1) is 11.8 Å². The van der Waals surface area contributed by atoms with Crippen LogP contribution in [0.2, 0.25) is 0 Å². The monoisotopic (exact) mass is 315 g/mol. The number of nitrogens with one attached hydrogen (secondary N) is 1. The lowest BCUT2D eigenvalue weighted by Gasteiger charge is -2.22. The molecule has 0 aliphatic carbocycles. The molecule has 116 valence electrons. The Labute approximate surface area is 135 Å². The lowest BCUT2D eigenvalue weighted by atomic mass is 9.96. The second kappa shape index (κ2) is 7.11. The van der Waals surface area contributed by atoms with Gasteiger partial charge in [-0.25, -0.2) is 9.97 Å². The first-order valence-electron chi connectivity index (χ1n) is 7.59. The third-order valence-corrected chi connectivity index (χ3v) is 4.56. The van der Waals surface area contributed by atoms with Gasteiger partial charge in [-0.05, 0) is 44.2 Å². The number of rotatable bonds is 4. The number of benzene rings is 1. The molecule has 2 aromatic rings. The van der Waals surface area contributed by atoms with Crippen molar-refractivity contribution in [1.82, 2.24) is 9.97 Å². The van der Waals surface area contributed by atoms with E-state index in [0.717, 1.165) is 49.1 Å². The summed E-state index contributed by atoms with van der Waals surface area (Å²) in [6, 6.07) is 10.4. The van der Waals surface area contributed by atoms with Crippen molar-refractivity contribution in [2.75, 3.05) is 24.8 Å². The van der Waals surface area contributed by atoms with Crippen LogP contribution >= 0.6 is 11.8 Å². The number of nitrogens with zero attached hydrogens (tertiary/aromatic N) is 2. The Morgan fingerprint density at radius 2 is 2.00 bits per heavy atom. The third kappa shape index (κ3) is 3.78. The fourth-order valence-electron chi connectivity index (χ4n) is 2.71. The molecule has 0 saturated carbocycles. The molecule has 0 bridgehead atoms. The minimum atomic E-state index is 0.480. The molecule has 3 rings (SSSR count). The fraction of sp³-hybridized carbons (Fsp3) is 0.412. The van der Waals surface area contributed by atoms with Crippen LogP contribution in [-0.4, -0.2) is 29.4 Å². The number of thioether (sulfide) groups is 1. The van der Waals surface area contributed by atoms with Gasteiger partial charge in [0.05, 0.1) is 0 Å². The summed E-state index contributed by atoms with van der Waals surface area (Å²) >= 11 is 1.74. The predicted octanol–water partition coefficient (Wildman–Crippen LogP) is 4.14. The number of aryl methyl sites for hydroxylation is 1. The summed E-state index contributed by atoms with van der Waals surface area (Å²) in [6.45, 7) is 3.60. The molecule has 4 nitrogen and oxygen atoms in total. The molecule has 1 aromatic heterocycles. The summed E-state index contributed by atoms with van der Waals surface area (Å²) in [5.74, 6) is 2.16. The van der Waals surface area contributed by atoms with Crippen molar-refractivity contribution in [2.45, 2.75) is 30.6 Å². The van der Waals surface area contributed by atoms with Crippen molar-refractivity contribution in [3.8, 4) is 0 Å². The highest BCUT2D eigenvalue weighted by Gasteiger charge is 2.18. The highest BCUT2D eigenvalue weighted by atomic mass is 32.2. The molecule has 1 fully saturated rings. The quantitative estimate of drug-likeness (QED) is 0.859. The third-order valence-electron chi connectivity index (χ3n) is 3.84. The topological polar surface area (TPSA) is 47.0 Å². The summed E-state index contributed by atoms with van der Waals surface area (Å²) in [5.41, 5.74) is 2.18. The maximum absolute atomic E-state index is 5.44. The van der Waals surface area contributed by atoms with Gasteiger partial charge in [-0.1, -0.05) is 6.07 Å². The first-order valence-corrected chi connectivity index (χ1v) is 8.81. The average Bonchev–Trinajstić information content (AvgIpc) is 2.55. The van der Waals surface area contributed by atoms with Crippen molar-refractivity contribution in [3.05, 3.63) is 41.9 Å². The molecule has 22 heavy (non-hydrogen) atoms. The number of aromatic nitrogens is 2. The Morgan fingerprint density at radius 3 is 2.77 bits per heavy atom. The molecule has 1 aliphatic rings. The van der Waals surface area contributed by atoms with E-state index in [1.165, 1.54) is 4.90 Å². The van der Waals surface area contributed by atoms with Gasteiger partial charge < -0.3 is 10.1 Å². The average molecular weight is 315 g/mol. The molecule has 0 unspecified atom stereocenters. The minimum Gasteiger partial charge on any atom is -0.381 e. The van der Waals surface area contributed by atoms with Gasteiger partial charge in [0.1, 0.15) is 11.6 Å². The van der Waals surface area contributed by atoms with E-state index in [1.807, 2.05) is 6.92 Å². The Bertz CT molecular complexity index is 642. The number of ether oxygens (including phenoxy) is 1. The van der Waals surface area contributed by atoms with E-state index in [9.17, 15) is 0 Å². The summed E-state index contributed by atoms with van der Waals surface area (Å²) in [5, 5.41) is 3.40. The molecule has 1 aliphatic heterocycles. The van der Waals surface area contributed by atoms with Gasteiger partial charge in [0.15, 0.2) is 0 Å². The predicted molar refractivity (Wildman–Crippen MR) is 91.1 cm³/mol. The first-order chi connectivity index (χ1) is 10.7. The molecule has 0 spiro atoms. The van der Waals surface area contributed by atoms with Crippen molar-refractivity contribution >= 4 is 23.3 Å². The van der Waals surface area contributed by atoms with E-state index in [-0.39, 0.29) is 0 Å². The van der Waals surface area contributed by atoms with Crippen molar-refractivity contribution < 1.29 is 4.74 Å². The van der Waals surface area contributed by atoms with E-state index in [1.54, 1.807) is 11.8 Å². The smallest absolute Gasteiger partial charge is 0.134 e. The maximum atomic E-state index is 5.44. The van der Waals surface area contributed by atoms with E-state index >= 15 is 0 Å². The van der Waals surface area contributed by atoms with Gasteiger partial charge in [0.25, 0.3) is 0 Å². The highest BCUT2D eigenvalue weighted by Crippen LogP contribution is 2.28. The lowest BCUT2D eigenvalue weighted by molar-refractivity contribution is 0.0844. The van der Waals surface area contributed by atoms with Gasteiger partial charge >= 0.3 is 0 Å². The van der Waals surface area contributed by atoms with Gasteiger partial charge in [-0.3, -0.25) is 0 Å². The Hall–Kier alpha value is -1.59. The first kappa shape index (κ1) is 15.3. The Balaban J connectivity index is 1.82. The van der Waals surface area contributed by atoms with E-state index in [4.69, 9.17) is 4.74 Å². The van der Waals surface area contributed by atoms with Crippen molar-refractivity contribution in [3.63, 3.8) is 0 Å². The molecular weight excluding hydrogens is 294 g/mol. The molecular formula is C17H21N3OS. The van der Waals surface area contributed by atoms with Crippen LogP contribution in [-0.2, 0) is 4.74 Å². The van der Waals surface area contributed by atoms with Crippen LogP contribution in [0.15, 0.2) is 35.2 Å². The number of anilines is 2.